The van der Waals surface area contributed by atoms with Crippen LogP contribution in [0, 0.1) is 11.3 Å². The highest BCUT2D eigenvalue weighted by molar-refractivity contribution is 7.99. The van der Waals surface area contributed by atoms with Crippen molar-refractivity contribution < 1.29 is 4.79 Å². The molecular formula is C15H32N2OS. The van der Waals surface area contributed by atoms with Crippen LogP contribution in [0.3, 0.4) is 0 Å². The van der Waals surface area contributed by atoms with Crippen LogP contribution in [-0.4, -0.2) is 30.0 Å². The minimum absolute atomic E-state index is 0.107. The summed E-state index contributed by atoms with van der Waals surface area (Å²) in [7, 11) is 0. The molecule has 114 valence electrons. The van der Waals surface area contributed by atoms with Crippen molar-refractivity contribution >= 4 is 17.7 Å². The Balaban J connectivity index is 4.13. The van der Waals surface area contributed by atoms with E-state index >= 15 is 0 Å². The van der Waals surface area contributed by atoms with Crippen LogP contribution in [0.2, 0.25) is 0 Å². The number of hydrogen-bond donors (Lipinski definition) is 2. The van der Waals surface area contributed by atoms with E-state index in [-0.39, 0.29) is 16.1 Å². The van der Waals surface area contributed by atoms with Crippen molar-refractivity contribution in [3.63, 3.8) is 0 Å². The van der Waals surface area contributed by atoms with Gasteiger partial charge >= 0.3 is 0 Å². The topological polar surface area (TPSA) is 55.1 Å². The SMILES string of the molecule is CSC(C)(C)CNC(=O)CCC(CCN)C(C)(C)C. The lowest BCUT2D eigenvalue weighted by molar-refractivity contribution is -0.121. The summed E-state index contributed by atoms with van der Waals surface area (Å²) in [5, 5.41) is 3.03. The van der Waals surface area contributed by atoms with Crippen molar-refractivity contribution in [2.45, 2.75) is 58.6 Å². The molecule has 0 saturated heterocycles. The van der Waals surface area contributed by atoms with Gasteiger partial charge in [0.15, 0.2) is 0 Å². The molecule has 0 aliphatic heterocycles. The fourth-order valence-corrected chi connectivity index (χ4v) is 2.21. The number of carbonyl (C=O) groups is 1. The lowest BCUT2D eigenvalue weighted by atomic mass is 9.76. The van der Waals surface area contributed by atoms with Crippen molar-refractivity contribution in [3.05, 3.63) is 0 Å². The fraction of sp³-hybridized carbons (Fsp3) is 0.933. The van der Waals surface area contributed by atoms with Crippen LogP contribution in [0.5, 0.6) is 0 Å². The van der Waals surface area contributed by atoms with E-state index in [0.717, 1.165) is 19.4 Å². The van der Waals surface area contributed by atoms with E-state index in [4.69, 9.17) is 5.73 Å². The number of carbonyl (C=O) groups excluding carboxylic acids is 1. The van der Waals surface area contributed by atoms with Gasteiger partial charge in [-0.15, -0.1) is 0 Å². The molecular weight excluding hydrogens is 256 g/mol. The van der Waals surface area contributed by atoms with Gasteiger partial charge in [0.05, 0.1) is 0 Å². The molecule has 0 spiro atoms. The lowest BCUT2D eigenvalue weighted by Crippen LogP contribution is -2.36. The second-order valence-corrected chi connectivity index (χ2v) is 8.43. The van der Waals surface area contributed by atoms with Gasteiger partial charge < -0.3 is 11.1 Å². The van der Waals surface area contributed by atoms with Gasteiger partial charge in [0.2, 0.25) is 5.91 Å². The van der Waals surface area contributed by atoms with Gasteiger partial charge in [-0.2, -0.15) is 11.8 Å². The summed E-state index contributed by atoms with van der Waals surface area (Å²) in [4.78, 5) is 11.9. The van der Waals surface area contributed by atoms with E-state index in [0.29, 0.717) is 18.9 Å². The second-order valence-electron chi connectivity index (χ2n) is 6.92. The molecule has 0 aliphatic carbocycles. The monoisotopic (exact) mass is 288 g/mol. The first-order valence-electron chi connectivity index (χ1n) is 7.14. The van der Waals surface area contributed by atoms with Crippen molar-refractivity contribution in [2.24, 2.45) is 17.1 Å². The molecule has 0 rings (SSSR count). The minimum atomic E-state index is 0.107. The van der Waals surface area contributed by atoms with Crippen LogP contribution < -0.4 is 11.1 Å². The Morgan fingerprint density at radius 3 is 2.21 bits per heavy atom. The molecule has 19 heavy (non-hydrogen) atoms. The molecule has 4 heteroatoms. The summed E-state index contributed by atoms with van der Waals surface area (Å²) in [5.74, 6) is 0.671. The molecule has 3 nitrogen and oxygen atoms in total. The Kier molecular flexibility index (Phi) is 8.06. The quantitative estimate of drug-likeness (QED) is 0.722. The Bertz CT molecular complexity index is 272. The van der Waals surface area contributed by atoms with Gasteiger partial charge in [0.1, 0.15) is 0 Å². The molecule has 0 bridgehead atoms. The first-order valence-corrected chi connectivity index (χ1v) is 8.37. The van der Waals surface area contributed by atoms with Crippen molar-refractivity contribution in [2.75, 3.05) is 19.3 Å². The molecule has 3 N–H and O–H groups in total. The van der Waals surface area contributed by atoms with Gasteiger partial charge in [-0.05, 0) is 50.8 Å². The Morgan fingerprint density at radius 1 is 1.21 bits per heavy atom. The van der Waals surface area contributed by atoms with Gasteiger partial charge in [0, 0.05) is 17.7 Å². The smallest absolute Gasteiger partial charge is 0.220 e. The highest BCUT2D eigenvalue weighted by Crippen LogP contribution is 2.32. The second kappa shape index (κ2) is 8.15. The number of nitrogens with two attached hydrogens (primary N) is 1. The predicted octanol–water partition coefficient (Wildman–Crippen LogP) is 3.04. The zero-order valence-electron chi connectivity index (χ0n) is 13.5. The lowest BCUT2D eigenvalue weighted by Gasteiger charge is -2.30. The Hall–Kier alpha value is -0.220. The Labute approximate surface area is 123 Å². The maximum absolute atomic E-state index is 11.9. The zero-order chi connectivity index (χ0) is 15.1. The van der Waals surface area contributed by atoms with Gasteiger partial charge in [-0.25, -0.2) is 0 Å². The fourth-order valence-electron chi connectivity index (χ4n) is 1.99. The van der Waals surface area contributed by atoms with Crippen molar-refractivity contribution in [1.82, 2.24) is 5.32 Å². The number of hydrogen-bond acceptors (Lipinski definition) is 3. The van der Waals surface area contributed by atoms with E-state index in [1.807, 2.05) is 0 Å². The number of rotatable bonds is 8. The zero-order valence-corrected chi connectivity index (χ0v) is 14.3. The standard InChI is InChI=1S/C15H32N2OS/c1-14(2,3)12(9-10-16)7-8-13(18)17-11-15(4,5)19-6/h12H,7-11,16H2,1-6H3,(H,17,18). The van der Waals surface area contributed by atoms with E-state index in [1.54, 1.807) is 11.8 Å². The van der Waals surface area contributed by atoms with Crippen LogP contribution in [0.1, 0.15) is 53.9 Å². The van der Waals surface area contributed by atoms with Crippen LogP contribution >= 0.6 is 11.8 Å². The third kappa shape index (κ3) is 8.53. The molecule has 1 amide bonds. The van der Waals surface area contributed by atoms with Crippen LogP contribution in [0.25, 0.3) is 0 Å². The summed E-state index contributed by atoms with van der Waals surface area (Å²) in [6.45, 7) is 12.4. The molecule has 0 heterocycles. The summed E-state index contributed by atoms with van der Waals surface area (Å²) in [6, 6.07) is 0. The summed E-state index contributed by atoms with van der Waals surface area (Å²) in [5.41, 5.74) is 5.88. The molecule has 0 saturated carbocycles. The molecule has 0 aromatic rings. The van der Waals surface area contributed by atoms with E-state index in [1.165, 1.54) is 0 Å². The number of thioether (sulfide) groups is 1. The predicted molar refractivity (Wildman–Crippen MR) is 86.5 cm³/mol. The third-order valence-corrected chi connectivity index (χ3v) is 4.97. The maximum atomic E-state index is 11.9. The van der Waals surface area contributed by atoms with Crippen LogP contribution in [0.4, 0.5) is 0 Å². The summed E-state index contributed by atoms with van der Waals surface area (Å²) < 4.78 is 0.107. The van der Waals surface area contributed by atoms with Gasteiger partial charge in [-0.1, -0.05) is 20.8 Å². The molecule has 0 aliphatic rings. The third-order valence-electron chi connectivity index (χ3n) is 3.72. The average molecular weight is 289 g/mol. The van der Waals surface area contributed by atoms with E-state index < -0.39 is 0 Å². The van der Waals surface area contributed by atoms with Crippen molar-refractivity contribution in [3.8, 4) is 0 Å². The molecule has 0 aromatic carbocycles. The van der Waals surface area contributed by atoms with E-state index in [2.05, 4.69) is 46.2 Å². The summed E-state index contributed by atoms with van der Waals surface area (Å²) >= 11 is 1.77. The molecule has 1 unspecified atom stereocenters. The molecule has 0 aromatic heterocycles. The normalized spacial score (nSPS) is 14.3. The van der Waals surface area contributed by atoms with Crippen LogP contribution in [0.15, 0.2) is 0 Å². The van der Waals surface area contributed by atoms with Crippen molar-refractivity contribution in [1.29, 1.82) is 0 Å². The molecule has 0 fully saturated rings. The summed E-state index contributed by atoms with van der Waals surface area (Å²) in [6.07, 6.45) is 4.59. The molecule has 0 radical (unpaired) electrons. The first kappa shape index (κ1) is 18.8. The highest BCUT2D eigenvalue weighted by Gasteiger charge is 2.24. The highest BCUT2D eigenvalue weighted by atomic mass is 32.2. The van der Waals surface area contributed by atoms with Crippen LogP contribution in [-0.2, 0) is 4.79 Å². The maximum Gasteiger partial charge on any atom is 0.220 e. The van der Waals surface area contributed by atoms with Gasteiger partial charge in [0.25, 0.3) is 0 Å². The number of nitrogens with one attached hydrogen (secondary N) is 1. The average Bonchev–Trinajstić information content (AvgIpc) is 2.30. The van der Waals surface area contributed by atoms with Gasteiger partial charge in [-0.3, -0.25) is 4.79 Å². The first-order chi connectivity index (χ1) is 8.62. The number of amides is 1. The minimum Gasteiger partial charge on any atom is -0.355 e. The van der Waals surface area contributed by atoms with E-state index in [9.17, 15) is 4.79 Å². The Morgan fingerprint density at radius 2 is 1.79 bits per heavy atom. The largest absolute Gasteiger partial charge is 0.355 e. The molecule has 1 atom stereocenters.